The third-order valence-corrected chi connectivity index (χ3v) is 3.89. The van der Waals surface area contributed by atoms with E-state index >= 15 is 0 Å². The van der Waals surface area contributed by atoms with Crippen LogP contribution in [-0.2, 0) is 11.3 Å². The molecular formula is C15H22N2O. The van der Waals surface area contributed by atoms with E-state index in [-0.39, 0.29) is 5.91 Å². The molecule has 1 fully saturated rings. The fourth-order valence-electron chi connectivity index (χ4n) is 2.63. The van der Waals surface area contributed by atoms with Crippen LogP contribution < -0.4 is 11.1 Å². The molecule has 1 aliphatic carbocycles. The molecule has 0 heterocycles. The van der Waals surface area contributed by atoms with Crippen LogP contribution in [0.1, 0.15) is 42.4 Å². The van der Waals surface area contributed by atoms with E-state index in [1.54, 1.807) is 0 Å². The highest BCUT2D eigenvalue weighted by Crippen LogP contribution is 2.27. The third-order valence-electron chi connectivity index (χ3n) is 3.89. The molecule has 1 aromatic rings. The molecule has 2 rings (SSSR count). The number of rotatable bonds is 3. The van der Waals surface area contributed by atoms with Gasteiger partial charge in [-0.1, -0.05) is 36.6 Å². The van der Waals surface area contributed by atoms with Gasteiger partial charge in [-0.15, -0.1) is 0 Å². The van der Waals surface area contributed by atoms with Crippen LogP contribution in [0.15, 0.2) is 18.2 Å². The maximum atomic E-state index is 12.1. The average molecular weight is 246 g/mol. The molecule has 0 radical (unpaired) electrons. The SMILES string of the molecule is Cc1ccc(CNC(=O)C2(N)CCCC2)c(C)c1. The Hall–Kier alpha value is -1.35. The van der Waals surface area contributed by atoms with Crippen LogP contribution in [0.25, 0.3) is 0 Å². The van der Waals surface area contributed by atoms with E-state index in [1.165, 1.54) is 11.1 Å². The molecule has 0 saturated heterocycles. The molecule has 18 heavy (non-hydrogen) atoms. The predicted octanol–water partition coefficient (Wildman–Crippen LogP) is 2.19. The van der Waals surface area contributed by atoms with Gasteiger partial charge in [0.2, 0.25) is 5.91 Å². The van der Waals surface area contributed by atoms with Gasteiger partial charge in [-0.2, -0.15) is 0 Å². The lowest BCUT2D eigenvalue weighted by atomic mass is 9.98. The molecule has 3 nitrogen and oxygen atoms in total. The van der Waals surface area contributed by atoms with Gasteiger partial charge in [-0.25, -0.2) is 0 Å². The quantitative estimate of drug-likeness (QED) is 0.859. The molecule has 1 saturated carbocycles. The summed E-state index contributed by atoms with van der Waals surface area (Å²) in [6, 6.07) is 6.28. The van der Waals surface area contributed by atoms with Gasteiger partial charge in [0.1, 0.15) is 0 Å². The standard InChI is InChI=1S/C15H22N2O/c1-11-5-6-13(12(2)9-11)10-17-14(18)15(16)7-3-4-8-15/h5-6,9H,3-4,7-8,10,16H2,1-2H3,(H,17,18). The second-order valence-corrected chi connectivity index (χ2v) is 5.48. The molecule has 0 spiro atoms. The van der Waals surface area contributed by atoms with Gasteiger partial charge in [-0.3, -0.25) is 4.79 Å². The summed E-state index contributed by atoms with van der Waals surface area (Å²) in [6.45, 7) is 4.72. The van der Waals surface area contributed by atoms with Crippen LogP contribution in [0.4, 0.5) is 0 Å². The Kier molecular flexibility index (Phi) is 3.71. The smallest absolute Gasteiger partial charge is 0.240 e. The number of hydrogen-bond acceptors (Lipinski definition) is 2. The molecule has 3 N–H and O–H groups in total. The summed E-state index contributed by atoms with van der Waals surface area (Å²) >= 11 is 0. The van der Waals surface area contributed by atoms with Crippen LogP contribution >= 0.6 is 0 Å². The van der Waals surface area contributed by atoms with Crippen LogP contribution in [0.5, 0.6) is 0 Å². The maximum Gasteiger partial charge on any atom is 0.240 e. The monoisotopic (exact) mass is 246 g/mol. The lowest BCUT2D eigenvalue weighted by molar-refractivity contribution is -0.126. The first-order chi connectivity index (χ1) is 8.51. The molecule has 0 atom stereocenters. The molecule has 1 amide bonds. The number of nitrogens with one attached hydrogen (secondary N) is 1. The van der Waals surface area contributed by atoms with Crippen LogP contribution in [-0.4, -0.2) is 11.4 Å². The Morgan fingerprint density at radius 3 is 2.61 bits per heavy atom. The van der Waals surface area contributed by atoms with Gasteiger partial charge >= 0.3 is 0 Å². The van der Waals surface area contributed by atoms with E-state index in [2.05, 4.69) is 37.4 Å². The maximum absolute atomic E-state index is 12.1. The minimum Gasteiger partial charge on any atom is -0.350 e. The highest BCUT2D eigenvalue weighted by Gasteiger charge is 2.36. The van der Waals surface area contributed by atoms with Gasteiger partial charge in [-0.05, 0) is 37.8 Å². The van der Waals surface area contributed by atoms with Gasteiger partial charge in [0.15, 0.2) is 0 Å². The summed E-state index contributed by atoms with van der Waals surface area (Å²) < 4.78 is 0. The predicted molar refractivity (Wildman–Crippen MR) is 73.1 cm³/mol. The fourth-order valence-corrected chi connectivity index (χ4v) is 2.63. The van der Waals surface area contributed by atoms with Crippen molar-refractivity contribution in [3.05, 3.63) is 34.9 Å². The van der Waals surface area contributed by atoms with Gasteiger partial charge in [0.25, 0.3) is 0 Å². The summed E-state index contributed by atoms with van der Waals surface area (Å²) in [7, 11) is 0. The van der Waals surface area contributed by atoms with Crippen molar-refractivity contribution in [2.24, 2.45) is 5.73 Å². The normalized spacial score (nSPS) is 17.7. The summed E-state index contributed by atoms with van der Waals surface area (Å²) in [5, 5.41) is 2.98. The zero-order valence-electron chi connectivity index (χ0n) is 11.3. The molecule has 0 bridgehead atoms. The van der Waals surface area contributed by atoms with Crippen LogP contribution in [0.2, 0.25) is 0 Å². The minimum atomic E-state index is -0.626. The second kappa shape index (κ2) is 5.11. The minimum absolute atomic E-state index is 0.0000231. The lowest BCUT2D eigenvalue weighted by Crippen LogP contribution is -2.51. The summed E-state index contributed by atoms with van der Waals surface area (Å²) in [4.78, 5) is 12.1. The van der Waals surface area contributed by atoms with E-state index in [9.17, 15) is 4.79 Å². The van der Waals surface area contributed by atoms with Crippen LogP contribution in [0.3, 0.4) is 0 Å². The average Bonchev–Trinajstić information content (AvgIpc) is 2.76. The molecule has 1 aromatic carbocycles. The third kappa shape index (κ3) is 2.72. The molecule has 0 aromatic heterocycles. The first kappa shape index (κ1) is 13.1. The Morgan fingerprint density at radius 2 is 2.00 bits per heavy atom. The van der Waals surface area contributed by atoms with Crippen molar-refractivity contribution in [3.8, 4) is 0 Å². The number of benzene rings is 1. The first-order valence-electron chi connectivity index (χ1n) is 6.65. The summed E-state index contributed by atoms with van der Waals surface area (Å²) in [5.41, 5.74) is 9.11. The highest BCUT2D eigenvalue weighted by atomic mass is 16.2. The molecule has 3 heteroatoms. The Morgan fingerprint density at radius 1 is 1.33 bits per heavy atom. The van der Waals surface area contributed by atoms with E-state index in [0.29, 0.717) is 6.54 Å². The lowest BCUT2D eigenvalue weighted by Gasteiger charge is -2.22. The Labute approximate surface area is 109 Å². The molecule has 0 unspecified atom stereocenters. The van der Waals surface area contributed by atoms with Crippen molar-refractivity contribution in [2.75, 3.05) is 0 Å². The second-order valence-electron chi connectivity index (χ2n) is 5.48. The fraction of sp³-hybridized carbons (Fsp3) is 0.533. The van der Waals surface area contributed by atoms with E-state index in [1.807, 2.05) is 0 Å². The van der Waals surface area contributed by atoms with Crippen molar-refractivity contribution < 1.29 is 4.79 Å². The number of nitrogens with two attached hydrogens (primary N) is 1. The summed E-state index contributed by atoms with van der Waals surface area (Å²) in [5.74, 6) is -0.0000231. The molecular weight excluding hydrogens is 224 g/mol. The Balaban J connectivity index is 1.97. The topological polar surface area (TPSA) is 55.1 Å². The van der Waals surface area contributed by atoms with Crippen molar-refractivity contribution in [1.29, 1.82) is 0 Å². The van der Waals surface area contributed by atoms with Gasteiger partial charge in [0, 0.05) is 6.54 Å². The largest absolute Gasteiger partial charge is 0.350 e. The van der Waals surface area contributed by atoms with Gasteiger partial charge in [0.05, 0.1) is 5.54 Å². The first-order valence-corrected chi connectivity index (χ1v) is 6.65. The van der Waals surface area contributed by atoms with Crippen molar-refractivity contribution in [3.63, 3.8) is 0 Å². The Bertz CT molecular complexity index is 448. The molecule has 0 aliphatic heterocycles. The van der Waals surface area contributed by atoms with Crippen molar-refractivity contribution in [2.45, 2.75) is 51.6 Å². The number of amides is 1. The van der Waals surface area contributed by atoms with E-state index < -0.39 is 5.54 Å². The number of hydrogen-bond donors (Lipinski definition) is 2. The number of carbonyl (C=O) groups excluding carboxylic acids is 1. The van der Waals surface area contributed by atoms with Gasteiger partial charge < -0.3 is 11.1 Å². The highest BCUT2D eigenvalue weighted by molar-refractivity contribution is 5.86. The van der Waals surface area contributed by atoms with Crippen molar-refractivity contribution >= 4 is 5.91 Å². The zero-order valence-corrected chi connectivity index (χ0v) is 11.3. The number of aryl methyl sites for hydroxylation is 2. The molecule has 98 valence electrons. The van der Waals surface area contributed by atoms with Crippen molar-refractivity contribution in [1.82, 2.24) is 5.32 Å². The van der Waals surface area contributed by atoms with E-state index in [4.69, 9.17) is 5.73 Å². The van der Waals surface area contributed by atoms with Crippen LogP contribution in [0, 0.1) is 13.8 Å². The summed E-state index contributed by atoms with van der Waals surface area (Å²) in [6.07, 6.45) is 3.75. The van der Waals surface area contributed by atoms with E-state index in [0.717, 1.165) is 31.2 Å². The number of carbonyl (C=O) groups is 1. The zero-order chi connectivity index (χ0) is 13.2. The molecule has 1 aliphatic rings.